The Hall–Kier alpha value is -3.71. The normalized spacial score (nSPS) is 11.8. The third kappa shape index (κ3) is 3.95. The quantitative estimate of drug-likeness (QED) is 0.519. The Morgan fingerprint density at radius 2 is 1.69 bits per heavy atom. The van der Waals surface area contributed by atoms with Gasteiger partial charge in [-0.25, -0.2) is 4.79 Å². The zero-order chi connectivity index (χ0) is 20.2. The Kier molecular flexibility index (Phi) is 5.22. The molecule has 0 saturated heterocycles. The van der Waals surface area contributed by atoms with Crippen LogP contribution >= 0.6 is 0 Å². The topological polar surface area (TPSA) is 64.3 Å². The van der Waals surface area contributed by atoms with Crippen molar-refractivity contribution < 1.29 is 9.53 Å². The summed E-state index contributed by atoms with van der Waals surface area (Å²) in [6.07, 6.45) is -0.468. The van der Waals surface area contributed by atoms with E-state index in [1.807, 2.05) is 49.4 Å². The van der Waals surface area contributed by atoms with Crippen LogP contribution in [-0.2, 0) is 4.74 Å². The van der Waals surface area contributed by atoms with E-state index >= 15 is 0 Å². The molecule has 1 amide bonds. The van der Waals surface area contributed by atoms with Crippen LogP contribution in [0.15, 0.2) is 66.7 Å². The summed E-state index contributed by atoms with van der Waals surface area (Å²) >= 11 is 0. The number of rotatable bonds is 3. The van der Waals surface area contributed by atoms with Crippen LogP contribution in [-0.4, -0.2) is 19.2 Å². The molecule has 0 unspecified atom stereocenters. The lowest BCUT2D eigenvalue weighted by molar-refractivity contribution is 0.144. The summed E-state index contributed by atoms with van der Waals surface area (Å²) in [6.45, 7) is 2.46. The molecule has 0 spiro atoms. The van der Waals surface area contributed by atoms with E-state index < -0.39 is 6.09 Å². The number of amides is 1. The Labute approximate surface area is 170 Å². The molecular weight excluding hydrogens is 360 g/mol. The number of nitrogen functional groups attached to an aromatic ring is 1. The highest BCUT2D eigenvalue weighted by atomic mass is 16.5. The lowest BCUT2D eigenvalue weighted by atomic mass is 9.98. The molecule has 4 heteroatoms. The third-order valence-corrected chi connectivity index (χ3v) is 5.18. The fourth-order valence-corrected chi connectivity index (χ4v) is 3.63. The van der Waals surface area contributed by atoms with Crippen LogP contribution in [0.1, 0.15) is 28.2 Å². The lowest BCUT2D eigenvalue weighted by Gasteiger charge is -2.14. The van der Waals surface area contributed by atoms with E-state index in [9.17, 15) is 4.79 Å². The van der Waals surface area contributed by atoms with Crippen LogP contribution < -0.4 is 11.1 Å². The molecule has 0 saturated carbocycles. The van der Waals surface area contributed by atoms with Gasteiger partial charge in [-0.2, -0.15) is 0 Å². The molecule has 4 nitrogen and oxygen atoms in total. The van der Waals surface area contributed by atoms with Gasteiger partial charge in [-0.3, -0.25) is 0 Å². The van der Waals surface area contributed by atoms with Crippen molar-refractivity contribution in [1.29, 1.82) is 0 Å². The van der Waals surface area contributed by atoms with Crippen molar-refractivity contribution in [2.24, 2.45) is 0 Å². The first-order valence-corrected chi connectivity index (χ1v) is 9.57. The molecule has 0 radical (unpaired) electrons. The van der Waals surface area contributed by atoms with Crippen molar-refractivity contribution in [2.75, 3.05) is 18.9 Å². The number of fused-ring (bicyclic) bond motifs is 3. The number of carbonyl (C=O) groups excluding carboxylic acids is 1. The maximum absolute atomic E-state index is 12.1. The second-order valence-corrected chi connectivity index (χ2v) is 7.05. The highest BCUT2D eigenvalue weighted by molar-refractivity contribution is 5.79. The van der Waals surface area contributed by atoms with Gasteiger partial charge in [0.15, 0.2) is 0 Å². The molecule has 4 rings (SSSR count). The Morgan fingerprint density at radius 1 is 1.03 bits per heavy atom. The molecule has 1 aliphatic carbocycles. The summed E-state index contributed by atoms with van der Waals surface area (Å²) in [5.74, 6) is 5.96. The lowest BCUT2D eigenvalue weighted by Crippen LogP contribution is -2.26. The molecule has 0 bridgehead atoms. The maximum Gasteiger partial charge on any atom is 0.407 e. The Morgan fingerprint density at radius 3 is 2.34 bits per heavy atom. The molecule has 0 heterocycles. The highest BCUT2D eigenvalue weighted by Crippen LogP contribution is 2.44. The van der Waals surface area contributed by atoms with Gasteiger partial charge in [0.1, 0.15) is 6.61 Å². The number of anilines is 1. The summed E-state index contributed by atoms with van der Waals surface area (Å²) in [4.78, 5) is 12.1. The molecule has 0 atom stereocenters. The van der Waals surface area contributed by atoms with Crippen molar-refractivity contribution in [1.82, 2.24) is 5.32 Å². The van der Waals surface area contributed by atoms with Crippen LogP contribution in [0.3, 0.4) is 0 Å². The molecule has 0 aromatic heterocycles. The van der Waals surface area contributed by atoms with E-state index in [4.69, 9.17) is 10.5 Å². The standard InChI is InChI=1S/C25H22N2O2/c1-17-12-13-18(15-24(17)26)7-6-14-27-25(28)29-16-23-21-10-4-2-8-19(21)20-9-3-5-11-22(20)23/h2-5,8-13,15,23H,14,16,26H2,1H3,(H,27,28). The zero-order valence-electron chi connectivity index (χ0n) is 16.2. The molecule has 144 valence electrons. The number of nitrogens with one attached hydrogen (secondary N) is 1. The largest absolute Gasteiger partial charge is 0.449 e. The molecule has 3 aromatic carbocycles. The number of benzene rings is 3. The van der Waals surface area contributed by atoms with Gasteiger partial charge < -0.3 is 15.8 Å². The Balaban J connectivity index is 1.35. The summed E-state index contributed by atoms with van der Waals surface area (Å²) in [6, 6.07) is 22.2. The molecule has 0 fully saturated rings. The van der Waals surface area contributed by atoms with Crippen LogP contribution in [0.5, 0.6) is 0 Å². The van der Waals surface area contributed by atoms with Gasteiger partial charge in [0.2, 0.25) is 0 Å². The van der Waals surface area contributed by atoms with E-state index in [0.717, 1.165) is 11.1 Å². The van der Waals surface area contributed by atoms with Crippen molar-refractivity contribution in [3.05, 3.63) is 89.0 Å². The van der Waals surface area contributed by atoms with Gasteiger partial charge in [-0.15, -0.1) is 0 Å². The molecular formula is C25H22N2O2. The van der Waals surface area contributed by atoms with Gasteiger partial charge in [0, 0.05) is 17.2 Å². The predicted octanol–water partition coefficient (Wildman–Crippen LogP) is 4.47. The smallest absolute Gasteiger partial charge is 0.407 e. The summed E-state index contributed by atoms with van der Waals surface area (Å²) in [7, 11) is 0. The van der Waals surface area contributed by atoms with E-state index in [-0.39, 0.29) is 12.5 Å². The molecule has 3 N–H and O–H groups in total. The van der Waals surface area contributed by atoms with Crippen molar-refractivity contribution in [3.8, 4) is 23.0 Å². The van der Waals surface area contributed by atoms with E-state index in [2.05, 4.69) is 41.4 Å². The van der Waals surface area contributed by atoms with Crippen molar-refractivity contribution in [2.45, 2.75) is 12.8 Å². The van der Waals surface area contributed by atoms with Gasteiger partial charge in [0.25, 0.3) is 0 Å². The zero-order valence-corrected chi connectivity index (χ0v) is 16.2. The minimum absolute atomic E-state index is 0.0507. The average Bonchev–Trinajstić information content (AvgIpc) is 3.06. The first kappa shape index (κ1) is 18.6. The van der Waals surface area contributed by atoms with E-state index in [1.54, 1.807) is 0 Å². The number of carbonyl (C=O) groups is 1. The van der Waals surface area contributed by atoms with Crippen molar-refractivity contribution >= 4 is 11.8 Å². The van der Waals surface area contributed by atoms with E-state index in [1.165, 1.54) is 22.3 Å². The molecule has 29 heavy (non-hydrogen) atoms. The third-order valence-electron chi connectivity index (χ3n) is 5.18. The minimum atomic E-state index is -0.468. The monoisotopic (exact) mass is 382 g/mol. The Bertz CT molecular complexity index is 1080. The first-order valence-electron chi connectivity index (χ1n) is 9.57. The summed E-state index contributed by atoms with van der Waals surface area (Å²) < 4.78 is 5.49. The summed E-state index contributed by atoms with van der Waals surface area (Å²) in [5.41, 5.74) is 13.2. The number of alkyl carbamates (subject to hydrolysis) is 1. The first-order chi connectivity index (χ1) is 14.1. The number of aryl methyl sites for hydroxylation is 1. The maximum atomic E-state index is 12.1. The number of nitrogens with two attached hydrogens (primary N) is 1. The van der Waals surface area contributed by atoms with E-state index in [0.29, 0.717) is 12.3 Å². The number of ether oxygens (including phenoxy) is 1. The average molecular weight is 382 g/mol. The van der Waals surface area contributed by atoms with Crippen molar-refractivity contribution in [3.63, 3.8) is 0 Å². The molecule has 0 aliphatic heterocycles. The molecule has 3 aromatic rings. The second kappa shape index (κ2) is 8.12. The predicted molar refractivity (Wildman–Crippen MR) is 116 cm³/mol. The van der Waals surface area contributed by atoms with Crippen LogP contribution in [0.4, 0.5) is 10.5 Å². The van der Waals surface area contributed by atoms with Gasteiger partial charge >= 0.3 is 6.09 Å². The van der Waals surface area contributed by atoms with Crippen LogP contribution in [0, 0.1) is 18.8 Å². The molecule has 1 aliphatic rings. The number of hydrogen-bond donors (Lipinski definition) is 2. The highest BCUT2D eigenvalue weighted by Gasteiger charge is 2.28. The number of hydrogen-bond acceptors (Lipinski definition) is 3. The van der Waals surface area contributed by atoms with Gasteiger partial charge in [-0.1, -0.05) is 66.4 Å². The SMILES string of the molecule is Cc1ccc(C#CCNC(=O)OCC2c3ccccc3-c3ccccc32)cc1N. The van der Waals surface area contributed by atoms with Gasteiger partial charge in [0.05, 0.1) is 6.54 Å². The van der Waals surface area contributed by atoms with Crippen LogP contribution in [0.2, 0.25) is 0 Å². The fraction of sp³-hybridized carbons (Fsp3) is 0.160. The minimum Gasteiger partial charge on any atom is -0.449 e. The van der Waals surface area contributed by atoms with Gasteiger partial charge in [-0.05, 0) is 46.9 Å². The fourth-order valence-electron chi connectivity index (χ4n) is 3.63. The summed E-state index contributed by atoms with van der Waals surface area (Å²) in [5, 5.41) is 2.68. The van der Waals surface area contributed by atoms with Crippen LogP contribution in [0.25, 0.3) is 11.1 Å². The second-order valence-electron chi connectivity index (χ2n) is 7.05.